The Morgan fingerprint density at radius 3 is 2.56 bits per heavy atom. The lowest BCUT2D eigenvalue weighted by atomic mass is 9.96. The number of rotatable bonds is 5. The lowest BCUT2D eigenvalue weighted by Crippen LogP contribution is -2.46. The molecule has 2 fully saturated rings. The van der Waals surface area contributed by atoms with E-state index in [2.05, 4.69) is 31.5 Å². The minimum absolute atomic E-state index is 0.0328. The first-order valence-electron chi connectivity index (χ1n) is 8.95. The number of halogens is 1. The van der Waals surface area contributed by atoms with E-state index in [-0.39, 0.29) is 41.8 Å². The first kappa shape index (κ1) is 20.2. The van der Waals surface area contributed by atoms with Gasteiger partial charge in [0.15, 0.2) is 9.84 Å². The monoisotopic (exact) mass is 458 g/mol. The van der Waals surface area contributed by atoms with Gasteiger partial charge in [-0.2, -0.15) is 0 Å². The highest BCUT2D eigenvalue weighted by Gasteiger charge is 2.30. The predicted molar refractivity (Wildman–Crippen MR) is 105 cm³/mol. The Morgan fingerprint density at radius 2 is 1.96 bits per heavy atom. The van der Waals surface area contributed by atoms with Gasteiger partial charge in [-0.15, -0.1) is 0 Å². The van der Waals surface area contributed by atoms with Crippen LogP contribution >= 0.6 is 15.9 Å². The van der Waals surface area contributed by atoms with Crippen LogP contribution in [0.4, 0.5) is 5.82 Å². The van der Waals surface area contributed by atoms with Crippen molar-refractivity contribution in [2.45, 2.75) is 25.3 Å². The second kappa shape index (κ2) is 8.66. The van der Waals surface area contributed by atoms with Crippen LogP contribution in [0.1, 0.15) is 19.3 Å². The zero-order valence-electron chi connectivity index (χ0n) is 14.9. The summed E-state index contributed by atoms with van der Waals surface area (Å²) in [7, 11) is -3.00. The summed E-state index contributed by atoms with van der Waals surface area (Å²) in [4.78, 5) is 30.6. The molecule has 10 heteroatoms. The quantitative estimate of drug-likeness (QED) is 0.675. The van der Waals surface area contributed by atoms with Gasteiger partial charge in [0, 0.05) is 22.6 Å². The maximum Gasteiger partial charge on any atom is 0.234 e. The Bertz CT molecular complexity index is 792. The van der Waals surface area contributed by atoms with Crippen molar-refractivity contribution in [1.29, 1.82) is 0 Å². The molecule has 0 spiro atoms. The van der Waals surface area contributed by atoms with E-state index in [0.717, 1.165) is 4.47 Å². The molecular formula is C17H23BrN4O4S. The molecule has 0 saturated carbocycles. The van der Waals surface area contributed by atoms with Crippen LogP contribution in [0.3, 0.4) is 0 Å². The number of pyridine rings is 1. The number of carbonyl (C=O) groups excluding carboxylic acids is 2. The molecule has 3 heterocycles. The van der Waals surface area contributed by atoms with Gasteiger partial charge in [-0.3, -0.25) is 14.5 Å². The highest BCUT2D eigenvalue weighted by Crippen LogP contribution is 2.19. The topological polar surface area (TPSA) is 108 Å². The molecule has 2 aliphatic heterocycles. The largest absolute Gasteiger partial charge is 0.351 e. The van der Waals surface area contributed by atoms with Crippen molar-refractivity contribution in [3.63, 3.8) is 0 Å². The second-order valence-electron chi connectivity index (χ2n) is 7.07. The van der Waals surface area contributed by atoms with E-state index in [1.807, 2.05) is 11.0 Å². The average Bonchev–Trinajstić information content (AvgIpc) is 2.96. The first-order chi connectivity index (χ1) is 12.8. The summed E-state index contributed by atoms with van der Waals surface area (Å²) in [5, 5.41) is 5.63. The Kier molecular flexibility index (Phi) is 6.48. The van der Waals surface area contributed by atoms with Crippen LogP contribution in [-0.2, 0) is 19.4 Å². The van der Waals surface area contributed by atoms with Crippen LogP contribution in [0.5, 0.6) is 0 Å². The van der Waals surface area contributed by atoms with Crippen molar-refractivity contribution in [3.05, 3.63) is 22.8 Å². The molecule has 1 aromatic heterocycles. The summed E-state index contributed by atoms with van der Waals surface area (Å²) in [6, 6.07) is 3.29. The van der Waals surface area contributed by atoms with E-state index < -0.39 is 9.84 Å². The normalized spacial score (nSPS) is 23.1. The van der Waals surface area contributed by atoms with Gasteiger partial charge < -0.3 is 10.6 Å². The SMILES string of the molecule is O=C(CN1CCC(C(=O)Nc2ccc(Br)cn2)CC1)NC1CCS(=O)(=O)C1. The Hall–Kier alpha value is -1.52. The van der Waals surface area contributed by atoms with Crippen molar-refractivity contribution < 1.29 is 18.0 Å². The minimum Gasteiger partial charge on any atom is -0.351 e. The third-order valence-electron chi connectivity index (χ3n) is 4.90. The van der Waals surface area contributed by atoms with Crippen molar-refractivity contribution in [1.82, 2.24) is 15.2 Å². The molecule has 2 saturated heterocycles. The molecule has 0 radical (unpaired) electrons. The van der Waals surface area contributed by atoms with Crippen molar-refractivity contribution in [2.24, 2.45) is 5.92 Å². The number of hydrogen-bond acceptors (Lipinski definition) is 6. The highest BCUT2D eigenvalue weighted by atomic mass is 79.9. The fourth-order valence-corrected chi connectivity index (χ4v) is 5.32. The molecular weight excluding hydrogens is 436 g/mol. The molecule has 27 heavy (non-hydrogen) atoms. The second-order valence-corrected chi connectivity index (χ2v) is 10.2. The van der Waals surface area contributed by atoms with E-state index in [1.54, 1.807) is 12.3 Å². The van der Waals surface area contributed by atoms with E-state index in [9.17, 15) is 18.0 Å². The maximum atomic E-state index is 12.4. The van der Waals surface area contributed by atoms with Gasteiger partial charge in [-0.25, -0.2) is 13.4 Å². The highest BCUT2D eigenvalue weighted by molar-refractivity contribution is 9.10. The average molecular weight is 459 g/mol. The van der Waals surface area contributed by atoms with E-state index in [1.165, 1.54) is 0 Å². The molecule has 0 bridgehead atoms. The zero-order chi connectivity index (χ0) is 19.4. The summed E-state index contributed by atoms with van der Waals surface area (Å²) < 4.78 is 23.8. The van der Waals surface area contributed by atoms with Gasteiger partial charge in [-0.05, 0) is 60.4 Å². The Balaban J connectivity index is 1.40. The molecule has 1 atom stereocenters. The Morgan fingerprint density at radius 1 is 1.22 bits per heavy atom. The van der Waals surface area contributed by atoms with E-state index in [0.29, 0.717) is 38.2 Å². The van der Waals surface area contributed by atoms with Crippen molar-refractivity contribution in [2.75, 3.05) is 36.5 Å². The van der Waals surface area contributed by atoms with Crippen molar-refractivity contribution in [3.8, 4) is 0 Å². The molecule has 0 aromatic carbocycles. The molecule has 3 rings (SSSR count). The van der Waals surface area contributed by atoms with E-state index >= 15 is 0 Å². The van der Waals surface area contributed by atoms with Crippen LogP contribution < -0.4 is 10.6 Å². The lowest BCUT2D eigenvalue weighted by molar-refractivity contribution is -0.123. The summed E-state index contributed by atoms with van der Waals surface area (Å²) in [6.45, 7) is 1.55. The number of nitrogens with one attached hydrogen (secondary N) is 2. The number of likely N-dealkylation sites (tertiary alicyclic amines) is 1. The van der Waals surface area contributed by atoms with Crippen LogP contribution in [0.2, 0.25) is 0 Å². The molecule has 1 unspecified atom stereocenters. The van der Waals surface area contributed by atoms with Crippen molar-refractivity contribution >= 4 is 43.4 Å². The smallest absolute Gasteiger partial charge is 0.234 e. The number of carbonyl (C=O) groups is 2. The van der Waals surface area contributed by atoms with Gasteiger partial charge in [0.1, 0.15) is 5.82 Å². The summed E-state index contributed by atoms with van der Waals surface area (Å²) >= 11 is 3.30. The number of piperidine rings is 1. The number of nitrogens with zero attached hydrogens (tertiary/aromatic N) is 2. The third kappa shape index (κ3) is 5.98. The number of aromatic nitrogens is 1. The summed E-state index contributed by atoms with van der Waals surface area (Å²) in [5.41, 5.74) is 0. The number of sulfone groups is 1. The van der Waals surface area contributed by atoms with Crippen LogP contribution in [0, 0.1) is 5.92 Å². The molecule has 1 aromatic rings. The zero-order valence-corrected chi connectivity index (χ0v) is 17.3. The molecule has 2 N–H and O–H groups in total. The van der Waals surface area contributed by atoms with Gasteiger partial charge >= 0.3 is 0 Å². The molecule has 2 amide bonds. The predicted octanol–water partition coefficient (Wildman–Crippen LogP) is 0.798. The van der Waals surface area contributed by atoms with Gasteiger partial charge in [0.2, 0.25) is 11.8 Å². The first-order valence-corrected chi connectivity index (χ1v) is 11.6. The number of hydrogen-bond donors (Lipinski definition) is 2. The van der Waals surface area contributed by atoms with E-state index in [4.69, 9.17) is 0 Å². The van der Waals surface area contributed by atoms with Gasteiger partial charge in [-0.1, -0.05) is 0 Å². The van der Waals surface area contributed by atoms with Gasteiger partial charge in [0.25, 0.3) is 0 Å². The van der Waals surface area contributed by atoms with Crippen LogP contribution in [0.15, 0.2) is 22.8 Å². The third-order valence-corrected chi connectivity index (χ3v) is 7.14. The van der Waals surface area contributed by atoms with Crippen LogP contribution in [-0.4, -0.2) is 67.3 Å². The Labute approximate surface area is 167 Å². The standard InChI is InChI=1S/C17H23BrN4O4S/c18-13-1-2-15(19-9-13)21-17(24)12-3-6-22(7-4-12)10-16(23)20-14-5-8-27(25,26)11-14/h1-2,9,12,14H,3-8,10-11H2,(H,20,23)(H,19,21,24). The minimum atomic E-state index is -3.00. The summed E-state index contributed by atoms with van der Waals surface area (Å²) in [5.74, 6) is 0.395. The number of amides is 2. The molecule has 148 valence electrons. The molecule has 2 aliphatic rings. The maximum absolute atomic E-state index is 12.4. The van der Waals surface area contributed by atoms with Crippen LogP contribution in [0.25, 0.3) is 0 Å². The number of anilines is 1. The lowest BCUT2D eigenvalue weighted by Gasteiger charge is -2.30. The summed E-state index contributed by atoms with van der Waals surface area (Å²) in [6.07, 6.45) is 3.47. The fraction of sp³-hybridized carbons (Fsp3) is 0.588. The molecule has 8 nitrogen and oxygen atoms in total. The van der Waals surface area contributed by atoms with Gasteiger partial charge in [0.05, 0.1) is 18.1 Å². The fourth-order valence-electron chi connectivity index (χ4n) is 3.42. The molecule has 0 aliphatic carbocycles.